The van der Waals surface area contributed by atoms with E-state index in [2.05, 4.69) is 25.2 Å². The fraction of sp³-hybridized carbons (Fsp3) is 0.533. The van der Waals surface area contributed by atoms with Crippen LogP contribution in [0.5, 0.6) is 0 Å². The van der Waals surface area contributed by atoms with Crippen LogP contribution in [0.15, 0.2) is 18.2 Å². The third-order valence-corrected chi connectivity index (χ3v) is 2.74. The number of carbonyl (C=O) groups excluding carboxylic acids is 1. The largest absolute Gasteiger partial charge is 0.369 e. The normalized spacial score (nSPS) is 11.1. The van der Waals surface area contributed by atoms with E-state index in [0.29, 0.717) is 5.92 Å². The van der Waals surface area contributed by atoms with Gasteiger partial charge in [0, 0.05) is 5.69 Å². The summed E-state index contributed by atoms with van der Waals surface area (Å²) >= 11 is 0. The molecule has 0 bridgehead atoms. The van der Waals surface area contributed by atoms with Gasteiger partial charge in [-0.2, -0.15) is 0 Å². The van der Waals surface area contributed by atoms with Gasteiger partial charge in [0.1, 0.15) is 6.61 Å². The first-order valence-corrected chi connectivity index (χ1v) is 6.42. The van der Waals surface area contributed by atoms with Gasteiger partial charge in [-0.3, -0.25) is 4.79 Å². The van der Waals surface area contributed by atoms with Crippen LogP contribution in [0.3, 0.4) is 0 Å². The van der Waals surface area contributed by atoms with E-state index in [4.69, 9.17) is 4.74 Å². The summed E-state index contributed by atoms with van der Waals surface area (Å²) in [6.45, 7) is 10.2. The second-order valence-corrected chi connectivity index (χ2v) is 5.10. The fourth-order valence-electron chi connectivity index (χ4n) is 1.76. The van der Waals surface area contributed by atoms with Gasteiger partial charge in [0.15, 0.2) is 0 Å². The van der Waals surface area contributed by atoms with Crippen molar-refractivity contribution < 1.29 is 9.53 Å². The van der Waals surface area contributed by atoms with E-state index in [9.17, 15) is 4.79 Å². The molecule has 1 aromatic carbocycles. The summed E-state index contributed by atoms with van der Waals surface area (Å²) in [7, 11) is 0. The highest BCUT2D eigenvalue weighted by atomic mass is 16.5. The van der Waals surface area contributed by atoms with Crippen molar-refractivity contribution in [3.05, 3.63) is 29.3 Å². The molecular formula is C15H23NO2. The number of rotatable bonds is 5. The van der Waals surface area contributed by atoms with Crippen LogP contribution in [0.4, 0.5) is 5.69 Å². The van der Waals surface area contributed by atoms with Crippen molar-refractivity contribution in [2.75, 3.05) is 11.9 Å². The number of benzene rings is 1. The van der Waals surface area contributed by atoms with Gasteiger partial charge in [-0.15, -0.1) is 0 Å². The quantitative estimate of drug-likeness (QED) is 0.867. The highest BCUT2D eigenvalue weighted by Gasteiger charge is 2.12. The molecule has 0 aliphatic carbocycles. The maximum Gasteiger partial charge on any atom is 0.250 e. The molecule has 0 saturated carbocycles. The zero-order chi connectivity index (χ0) is 13.7. The highest BCUT2D eigenvalue weighted by molar-refractivity contribution is 5.93. The molecule has 0 aromatic heterocycles. The minimum absolute atomic E-state index is 0.0668. The van der Waals surface area contributed by atoms with Crippen molar-refractivity contribution in [2.24, 2.45) is 0 Å². The Morgan fingerprint density at radius 3 is 2.50 bits per heavy atom. The average molecular weight is 249 g/mol. The van der Waals surface area contributed by atoms with E-state index in [-0.39, 0.29) is 18.6 Å². The van der Waals surface area contributed by atoms with Crippen molar-refractivity contribution in [3.63, 3.8) is 0 Å². The SMILES string of the molecule is Cc1cccc(C(C)C)c1NC(=O)COC(C)C. The number of hydrogen-bond acceptors (Lipinski definition) is 2. The molecule has 0 unspecified atom stereocenters. The maximum atomic E-state index is 11.8. The summed E-state index contributed by atoms with van der Waals surface area (Å²) in [5, 5.41) is 2.95. The molecular weight excluding hydrogens is 226 g/mol. The minimum Gasteiger partial charge on any atom is -0.369 e. The zero-order valence-electron chi connectivity index (χ0n) is 11.9. The van der Waals surface area contributed by atoms with Crippen molar-refractivity contribution >= 4 is 11.6 Å². The standard InChI is InChI=1S/C15H23NO2/c1-10(2)13-8-6-7-12(5)15(13)16-14(17)9-18-11(3)4/h6-8,10-11H,9H2,1-5H3,(H,16,17). The second kappa shape index (κ2) is 6.55. The monoisotopic (exact) mass is 249 g/mol. The molecule has 0 aliphatic heterocycles. The number of hydrogen-bond donors (Lipinski definition) is 1. The van der Waals surface area contributed by atoms with E-state index in [0.717, 1.165) is 16.8 Å². The first-order chi connectivity index (χ1) is 8.41. The smallest absolute Gasteiger partial charge is 0.250 e. The third-order valence-electron chi connectivity index (χ3n) is 2.74. The van der Waals surface area contributed by atoms with Crippen LogP contribution in [0.2, 0.25) is 0 Å². The molecule has 0 saturated heterocycles. The van der Waals surface area contributed by atoms with Gasteiger partial charge in [0.2, 0.25) is 5.91 Å². The van der Waals surface area contributed by atoms with Gasteiger partial charge in [0.05, 0.1) is 6.10 Å². The number of amides is 1. The Balaban J connectivity index is 2.80. The van der Waals surface area contributed by atoms with Crippen LogP contribution in [-0.2, 0) is 9.53 Å². The van der Waals surface area contributed by atoms with E-state index < -0.39 is 0 Å². The second-order valence-electron chi connectivity index (χ2n) is 5.10. The Kier molecular flexibility index (Phi) is 5.35. The summed E-state index contributed by atoms with van der Waals surface area (Å²) in [5.41, 5.74) is 3.16. The Labute approximate surface area is 110 Å². The molecule has 18 heavy (non-hydrogen) atoms. The first-order valence-electron chi connectivity index (χ1n) is 6.42. The topological polar surface area (TPSA) is 38.3 Å². The maximum absolute atomic E-state index is 11.8. The molecule has 1 rings (SSSR count). The van der Waals surface area contributed by atoms with Gasteiger partial charge in [-0.05, 0) is 37.8 Å². The molecule has 3 heteroatoms. The minimum atomic E-state index is -0.0973. The molecule has 0 heterocycles. The number of carbonyl (C=O) groups is 1. The Hall–Kier alpha value is -1.35. The molecule has 100 valence electrons. The lowest BCUT2D eigenvalue weighted by Crippen LogP contribution is -2.22. The Morgan fingerprint density at radius 2 is 1.94 bits per heavy atom. The molecule has 1 amide bonds. The lowest BCUT2D eigenvalue weighted by molar-refractivity contribution is -0.121. The van der Waals surface area contributed by atoms with Crippen LogP contribution < -0.4 is 5.32 Å². The number of anilines is 1. The molecule has 0 fully saturated rings. The Morgan fingerprint density at radius 1 is 1.28 bits per heavy atom. The van der Waals surface area contributed by atoms with E-state index in [1.54, 1.807) is 0 Å². The van der Waals surface area contributed by atoms with Gasteiger partial charge >= 0.3 is 0 Å². The summed E-state index contributed by atoms with van der Waals surface area (Å²) < 4.78 is 5.30. The molecule has 3 nitrogen and oxygen atoms in total. The van der Waals surface area contributed by atoms with Crippen LogP contribution in [-0.4, -0.2) is 18.6 Å². The van der Waals surface area contributed by atoms with Crippen molar-refractivity contribution in [1.82, 2.24) is 0 Å². The van der Waals surface area contributed by atoms with E-state index in [1.807, 2.05) is 32.9 Å². The molecule has 1 N–H and O–H groups in total. The number of nitrogens with one attached hydrogen (secondary N) is 1. The number of para-hydroxylation sites is 1. The van der Waals surface area contributed by atoms with Crippen molar-refractivity contribution in [2.45, 2.75) is 46.6 Å². The summed E-state index contributed by atoms with van der Waals surface area (Å²) in [5.74, 6) is 0.283. The molecule has 1 aromatic rings. The molecule has 0 radical (unpaired) electrons. The summed E-state index contributed by atoms with van der Waals surface area (Å²) in [4.78, 5) is 11.8. The van der Waals surface area contributed by atoms with Crippen molar-refractivity contribution in [1.29, 1.82) is 0 Å². The Bertz CT molecular complexity index is 411. The van der Waals surface area contributed by atoms with E-state index in [1.165, 1.54) is 0 Å². The van der Waals surface area contributed by atoms with Crippen LogP contribution >= 0.6 is 0 Å². The van der Waals surface area contributed by atoms with E-state index >= 15 is 0 Å². The van der Waals surface area contributed by atoms with Gasteiger partial charge < -0.3 is 10.1 Å². The fourth-order valence-corrected chi connectivity index (χ4v) is 1.76. The van der Waals surface area contributed by atoms with Gasteiger partial charge in [-0.1, -0.05) is 32.0 Å². The van der Waals surface area contributed by atoms with Crippen LogP contribution in [0.25, 0.3) is 0 Å². The third kappa shape index (κ3) is 4.15. The predicted molar refractivity (Wildman–Crippen MR) is 75.0 cm³/mol. The van der Waals surface area contributed by atoms with Gasteiger partial charge in [-0.25, -0.2) is 0 Å². The highest BCUT2D eigenvalue weighted by Crippen LogP contribution is 2.27. The van der Waals surface area contributed by atoms with Crippen molar-refractivity contribution in [3.8, 4) is 0 Å². The summed E-state index contributed by atoms with van der Waals surface area (Å²) in [6, 6.07) is 6.08. The van der Waals surface area contributed by atoms with Crippen LogP contribution in [0.1, 0.15) is 44.7 Å². The molecule has 0 spiro atoms. The number of aryl methyl sites for hydroxylation is 1. The lowest BCUT2D eigenvalue weighted by atomic mass is 9.98. The lowest BCUT2D eigenvalue weighted by Gasteiger charge is -2.16. The van der Waals surface area contributed by atoms with Gasteiger partial charge in [0.25, 0.3) is 0 Å². The number of ether oxygens (including phenoxy) is 1. The summed E-state index contributed by atoms with van der Waals surface area (Å²) in [6.07, 6.45) is 0.0668. The molecule has 0 aliphatic rings. The zero-order valence-corrected chi connectivity index (χ0v) is 11.9. The first kappa shape index (κ1) is 14.7. The van der Waals surface area contributed by atoms with Crippen LogP contribution in [0, 0.1) is 6.92 Å². The average Bonchev–Trinajstić information content (AvgIpc) is 2.28. The molecule has 0 atom stereocenters. The predicted octanol–water partition coefficient (Wildman–Crippen LogP) is 3.48.